The van der Waals surface area contributed by atoms with Crippen LogP contribution >= 0.6 is 0 Å². The molecule has 2 saturated carbocycles. The number of rotatable bonds is 7. The summed E-state index contributed by atoms with van der Waals surface area (Å²) >= 11 is 0. The van der Waals surface area contributed by atoms with Gasteiger partial charge in [0, 0.05) is 11.8 Å². The van der Waals surface area contributed by atoms with Crippen LogP contribution in [0.1, 0.15) is 33.6 Å². The van der Waals surface area contributed by atoms with Crippen molar-refractivity contribution in [3.05, 3.63) is 0 Å². The first-order valence-electron chi connectivity index (χ1n) is 12.3. The van der Waals surface area contributed by atoms with Crippen molar-refractivity contribution in [1.29, 1.82) is 0 Å². The minimum Gasteiger partial charge on any atom is -0.469 e. The number of ketones is 1. The molecule has 2 rings (SSSR count). The summed E-state index contributed by atoms with van der Waals surface area (Å²) in [6, 6.07) is 0. The maximum Gasteiger partial charge on any atom is 0.320 e. The fourth-order valence-corrected chi connectivity index (χ4v) is 6.74. The van der Waals surface area contributed by atoms with Crippen molar-refractivity contribution in [3.8, 4) is 0 Å². The van der Waals surface area contributed by atoms with E-state index in [1.807, 2.05) is 33.9 Å². The molecule has 0 spiro atoms. The molecule has 12 heteroatoms. The third-order valence-electron chi connectivity index (χ3n) is 8.33. The van der Waals surface area contributed by atoms with Crippen molar-refractivity contribution in [1.82, 2.24) is 0 Å². The number of aliphatic hydroxyl groups excluding tert-OH is 1. The second kappa shape index (κ2) is 11.6. The Balaban J connectivity index is 2.99. The number of hydrogen-bond donors (Lipinski definition) is 1. The van der Waals surface area contributed by atoms with E-state index in [2.05, 4.69) is 0 Å². The molecule has 7 atom stereocenters. The van der Waals surface area contributed by atoms with Gasteiger partial charge in [-0.05, 0) is 31.0 Å². The first-order chi connectivity index (χ1) is 17.1. The molecule has 0 aromatic heterocycles. The van der Waals surface area contributed by atoms with E-state index in [1.54, 1.807) is 0 Å². The number of methoxy groups -OCH3 is 4. The van der Waals surface area contributed by atoms with Crippen molar-refractivity contribution >= 4 is 38.0 Å². The van der Waals surface area contributed by atoms with Gasteiger partial charge in [-0.15, -0.1) is 0 Å². The largest absolute Gasteiger partial charge is 0.469 e. The summed E-state index contributed by atoms with van der Waals surface area (Å²) in [7, 11) is 1.63. The van der Waals surface area contributed by atoms with Crippen LogP contribution in [-0.2, 0) is 47.3 Å². The van der Waals surface area contributed by atoms with Crippen LogP contribution in [0.2, 0.25) is 18.1 Å². The second-order valence-corrected chi connectivity index (χ2v) is 16.0. The summed E-state index contributed by atoms with van der Waals surface area (Å²) in [4.78, 5) is 66.6. The molecule has 2 aliphatic rings. The van der Waals surface area contributed by atoms with Crippen molar-refractivity contribution in [3.63, 3.8) is 0 Å². The Morgan fingerprint density at radius 2 is 1.35 bits per heavy atom. The standard InChI is InChI=1S/C25H40O11Si/c1-25(2,3)37(8,9)36-20-16(18(23(30)34-6)24(31)35-7)15-13(26)11-10-12(19(15)27)14(21(28)32-4)17(20)22(29)33-5/h12-18,20,26H,10-11H2,1-9H3/t12-,13?,14+,15+,16+,17-,20+/m1/s1. The normalized spacial score (nSPS) is 30.2. The fraction of sp³-hybridized carbons (Fsp3) is 0.800. The predicted molar refractivity (Wildman–Crippen MR) is 131 cm³/mol. The molecule has 0 aliphatic heterocycles. The summed E-state index contributed by atoms with van der Waals surface area (Å²) in [6.45, 7) is 9.64. The van der Waals surface area contributed by atoms with Gasteiger partial charge in [-0.3, -0.25) is 24.0 Å². The highest BCUT2D eigenvalue weighted by Crippen LogP contribution is 2.51. The Hall–Kier alpha value is -2.31. The zero-order valence-corrected chi connectivity index (χ0v) is 24.1. The van der Waals surface area contributed by atoms with E-state index in [9.17, 15) is 29.1 Å². The van der Waals surface area contributed by atoms with Gasteiger partial charge in [0.25, 0.3) is 0 Å². The van der Waals surface area contributed by atoms with Crippen LogP contribution in [-0.4, -0.2) is 83.7 Å². The minimum atomic E-state index is -2.81. The van der Waals surface area contributed by atoms with E-state index in [-0.39, 0.29) is 12.8 Å². The number of hydrogen-bond acceptors (Lipinski definition) is 11. The summed E-state index contributed by atoms with van der Waals surface area (Å²) in [6.07, 6.45) is -2.41. The monoisotopic (exact) mass is 544 g/mol. The van der Waals surface area contributed by atoms with Gasteiger partial charge >= 0.3 is 23.9 Å². The first-order valence-corrected chi connectivity index (χ1v) is 15.2. The van der Waals surface area contributed by atoms with E-state index < -0.39 is 90.7 Å². The Bertz CT molecular complexity index is 893. The predicted octanol–water partition coefficient (Wildman–Crippen LogP) is 1.50. The van der Waals surface area contributed by atoms with Crippen LogP contribution in [0.3, 0.4) is 0 Å². The molecule has 11 nitrogen and oxygen atoms in total. The lowest BCUT2D eigenvalue weighted by Crippen LogP contribution is -2.56. The van der Waals surface area contributed by atoms with E-state index in [0.717, 1.165) is 28.4 Å². The second-order valence-electron chi connectivity index (χ2n) is 11.2. The van der Waals surface area contributed by atoms with E-state index in [1.165, 1.54) is 0 Å². The average Bonchev–Trinajstić information content (AvgIpc) is 2.89. The van der Waals surface area contributed by atoms with E-state index in [0.29, 0.717) is 0 Å². The van der Waals surface area contributed by atoms with E-state index >= 15 is 0 Å². The number of carbonyl (C=O) groups excluding carboxylic acids is 5. The topological polar surface area (TPSA) is 152 Å². The molecule has 1 N–H and O–H groups in total. The zero-order valence-electron chi connectivity index (χ0n) is 23.1. The maximum atomic E-state index is 13.9. The molecule has 2 fully saturated rings. The van der Waals surface area contributed by atoms with Gasteiger partial charge in [0.05, 0.1) is 58.4 Å². The van der Waals surface area contributed by atoms with E-state index in [4.69, 9.17) is 23.4 Å². The Morgan fingerprint density at radius 3 is 1.78 bits per heavy atom. The molecule has 1 unspecified atom stereocenters. The third-order valence-corrected chi connectivity index (χ3v) is 12.8. The van der Waals surface area contributed by atoms with Gasteiger partial charge in [-0.25, -0.2) is 0 Å². The maximum absolute atomic E-state index is 13.9. The average molecular weight is 545 g/mol. The Kier molecular flexibility index (Phi) is 9.70. The molecule has 0 amide bonds. The zero-order chi connectivity index (χ0) is 28.5. The first kappa shape index (κ1) is 30.9. The molecule has 2 aliphatic carbocycles. The molecule has 0 aromatic rings. The number of esters is 4. The highest BCUT2D eigenvalue weighted by atomic mass is 28.4. The highest BCUT2D eigenvalue weighted by molar-refractivity contribution is 6.74. The molecular weight excluding hydrogens is 504 g/mol. The summed E-state index contributed by atoms with van der Waals surface area (Å²) in [5.41, 5.74) is 0. The van der Waals surface area contributed by atoms with Crippen molar-refractivity contribution < 1.29 is 52.5 Å². The molecule has 0 heterocycles. The van der Waals surface area contributed by atoms with Gasteiger partial charge in [0.1, 0.15) is 5.78 Å². The summed E-state index contributed by atoms with van der Waals surface area (Å²) < 4.78 is 26.7. The molecule has 37 heavy (non-hydrogen) atoms. The van der Waals surface area contributed by atoms with Gasteiger partial charge in [0.15, 0.2) is 14.2 Å². The Labute approximate surface area is 218 Å². The number of ether oxygens (including phenoxy) is 4. The molecule has 2 bridgehead atoms. The van der Waals surface area contributed by atoms with Crippen molar-refractivity contribution in [2.24, 2.45) is 35.5 Å². The SMILES string of the molecule is COC(=O)C(C(=O)OC)[C@H]1[C@H](O[Si](C)(C)C(C)(C)C)[C@H](C(=O)OC)[C@@H](C(=O)OC)[C@H]2CCC(O)[C@@H]1C2=O. The fourth-order valence-electron chi connectivity index (χ4n) is 5.40. The van der Waals surface area contributed by atoms with Gasteiger partial charge in [-0.1, -0.05) is 20.8 Å². The number of Topliss-reactive ketones (excluding diaryl/α,β-unsaturated/α-hetero) is 1. The lowest BCUT2D eigenvalue weighted by molar-refractivity contribution is -0.173. The molecule has 0 aromatic carbocycles. The lowest BCUT2D eigenvalue weighted by Gasteiger charge is -2.45. The van der Waals surface area contributed by atoms with Crippen LogP contribution in [0, 0.1) is 35.5 Å². The van der Waals surface area contributed by atoms with Gasteiger partial charge in [0.2, 0.25) is 0 Å². The smallest absolute Gasteiger partial charge is 0.320 e. The number of fused-ring (bicyclic) bond motifs is 2. The van der Waals surface area contributed by atoms with Gasteiger partial charge < -0.3 is 28.5 Å². The quantitative estimate of drug-likeness (QED) is 0.215. The highest BCUT2D eigenvalue weighted by Gasteiger charge is 2.64. The summed E-state index contributed by atoms with van der Waals surface area (Å²) in [5.74, 6) is -12.4. The molecular formula is C25H40O11Si. The molecule has 0 radical (unpaired) electrons. The number of carbonyl (C=O) groups is 5. The molecule has 0 saturated heterocycles. The lowest BCUT2D eigenvalue weighted by atomic mass is 9.68. The Morgan fingerprint density at radius 1 is 0.865 bits per heavy atom. The minimum absolute atomic E-state index is 0.0981. The van der Waals surface area contributed by atoms with Crippen LogP contribution in [0.15, 0.2) is 0 Å². The molecule has 210 valence electrons. The van der Waals surface area contributed by atoms with Crippen LogP contribution in [0.25, 0.3) is 0 Å². The van der Waals surface area contributed by atoms with Crippen LogP contribution in [0.4, 0.5) is 0 Å². The van der Waals surface area contributed by atoms with Crippen LogP contribution < -0.4 is 0 Å². The van der Waals surface area contributed by atoms with Crippen molar-refractivity contribution in [2.45, 2.75) is 64.0 Å². The summed E-state index contributed by atoms with van der Waals surface area (Å²) in [5, 5.41) is 10.7. The number of aliphatic hydroxyl groups is 1. The van der Waals surface area contributed by atoms with Crippen LogP contribution in [0.5, 0.6) is 0 Å². The third kappa shape index (κ3) is 5.75. The van der Waals surface area contributed by atoms with Gasteiger partial charge in [-0.2, -0.15) is 0 Å². The van der Waals surface area contributed by atoms with Crippen molar-refractivity contribution in [2.75, 3.05) is 28.4 Å².